The molecule has 0 radical (unpaired) electrons. The Morgan fingerprint density at radius 1 is 0.339 bits per heavy atom. The second-order valence-electron chi connectivity index (χ2n) is 14.6. The van der Waals surface area contributed by atoms with Crippen LogP contribution in [-0.4, -0.2) is 19.1 Å². The molecule has 0 saturated carbocycles. The number of hydrogen-bond acceptors (Lipinski definition) is 2. The number of aromatic nitrogens is 4. The summed E-state index contributed by atoms with van der Waals surface area (Å²) in [5.74, 6) is 0.649. The largest absolute Gasteiger partial charge is 0.309 e. The molecule has 3 heterocycles. The zero-order valence-corrected chi connectivity index (χ0v) is 30.3. The van der Waals surface area contributed by atoms with Crippen molar-refractivity contribution in [2.24, 2.45) is 0 Å². The van der Waals surface area contributed by atoms with E-state index in [-0.39, 0.29) is 0 Å². The minimum absolute atomic E-state index is 0.649. The molecule has 260 valence electrons. The lowest BCUT2D eigenvalue weighted by Gasteiger charge is -2.16. The summed E-state index contributed by atoms with van der Waals surface area (Å²) in [5.41, 5.74) is 10.9. The molecule has 12 aromatic rings. The Morgan fingerprint density at radius 2 is 0.946 bits per heavy atom. The highest BCUT2D eigenvalue weighted by atomic mass is 15.2. The normalized spacial score (nSPS) is 11.9. The molecule has 0 fully saturated rings. The first-order chi connectivity index (χ1) is 27.8. The maximum atomic E-state index is 5.51. The molecular formula is C52H32N4. The molecule has 0 N–H and O–H groups in total. The van der Waals surface area contributed by atoms with E-state index in [1.807, 2.05) is 0 Å². The fourth-order valence-electron chi connectivity index (χ4n) is 9.00. The summed E-state index contributed by atoms with van der Waals surface area (Å²) in [6.07, 6.45) is 0. The fourth-order valence-corrected chi connectivity index (χ4v) is 9.00. The molecule has 0 aliphatic rings. The highest BCUT2D eigenvalue weighted by Crippen LogP contribution is 2.44. The Balaban J connectivity index is 1.20. The molecule has 0 atom stereocenters. The van der Waals surface area contributed by atoms with E-state index in [0.29, 0.717) is 5.95 Å². The van der Waals surface area contributed by atoms with Crippen LogP contribution in [0.25, 0.3) is 110 Å². The first-order valence-corrected chi connectivity index (χ1v) is 19.1. The van der Waals surface area contributed by atoms with Crippen molar-refractivity contribution in [1.29, 1.82) is 0 Å². The molecule has 0 bridgehead atoms. The van der Waals surface area contributed by atoms with Gasteiger partial charge in [0.1, 0.15) is 0 Å². The molecule has 0 unspecified atom stereocenters. The lowest BCUT2D eigenvalue weighted by molar-refractivity contribution is 1.01. The van der Waals surface area contributed by atoms with E-state index in [0.717, 1.165) is 50.0 Å². The summed E-state index contributed by atoms with van der Waals surface area (Å²) in [6.45, 7) is 0. The monoisotopic (exact) mass is 712 g/mol. The lowest BCUT2D eigenvalue weighted by Crippen LogP contribution is -2.04. The van der Waals surface area contributed by atoms with Gasteiger partial charge in [-0.1, -0.05) is 140 Å². The van der Waals surface area contributed by atoms with Gasteiger partial charge in [0, 0.05) is 43.7 Å². The van der Waals surface area contributed by atoms with Crippen LogP contribution in [-0.2, 0) is 0 Å². The van der Waals surface area contributed by atoms with Crippen LogP contribution in [0.5, 0.6) is 0 Å². The third-order valence-corrected chi connectivity index (χ3v) is 11.5. The third-order valence-electron chi connectivity index (χ3n) is 11.5. The molecule has 0 aliphatic heterocycles. The summed E-state index contributed by atoms with van der Waals surface area (Å²) in [7, 11) is 0. The molecule has 12 rings (SSSR count). The Kier molecular flexibility index (Phi) is 6.60. The van der Waals surface area contributed by atoms with E-state index in [1.54, 1.807) is 0 Å². The molecule has 56 heavy (non-hydrogen) atoms. The number of rotatable bonds is 4. The van der Waals surface area contributed by atoms with Crippen molar-refractivity contribution in [2.75, 3.05) is 0 Å². The number of nitrogens with zero attached hydrogens (tertiary/aromatic N) is 4. The number of fused-ring (bicyclic) bond motifs is 9. The summed E-state index contributed by atoms with van der Waals surface area (Å²) < 4.78 is 4.68. The van der Waals surface area contributed by atoms with Gasteiger partial charge >= 0.3 is 0 Å². The van der Waals surface area contributed by atoms with Gasteiger partial charge in [-0.3, -0.25) is 4.57 Å². The SMILES string of the molecule is c1ccc(-n2c3ccccc3c3cc(-c4c5ccccc5cc5c6ccccc6n(-c6nc(-c7ccc8ccccc8c7)c7ccccc7n6)c45)ccc32)cc1. The first kappa shape index (κ1) is 30.9. The van der Waals surface area contributed by atoms with Crippen molar-refractivity contribution < 1.29 is 0 Å². The Labute approximate surface area is 322 Å². The second-order valence-corrected chi connectivity index (χ2v) is 14.6. The highest BCUT2D eigenvalue weighted by molar-refractivity contribution is 6.22. The highest BCUT2D eigenvalue weighted by Gasteiger charge is 2.23. The van der Waals surface area contributed by atoms with Crippen LogP contribution in [0.2, 0.25) is 0 Å². The summed E-state index contributed by atoms with van der Waals surface area (Å²) in [5, 5.41) is 10.6. The van der Waals surface area contributed by atoms with Gasteiger partial charge in [-0.15, -0.1) is 0 Å². The van der Waals surface area contributed by atoms with Crippen LogP contribution in [0.15, 0.2) is 194 Å². The van der Waals surface area contributed by atoms with E-state index in [1.165, 1.54) is 54.1 Å². The van der Waals surface area contributed by atoms with Gasteiger partial charge < -0.3 is 4.57 Å². The van der Waals surface area contributed by atoms with Crippen molar-refractivity contribution in [3.63, 3.8) is 0 Å². The number of benzene rings is 9. The first-order valence-electron chi connectivity index (χ1n) is 19.1. The average molecular weight is 713 g/mol. The van der Waals surface area contributed by atoms with Gasteiger partial charge in [-0.25, -0.2) is 9.97 Å². The predicted molar refractivity (Wildman–Crippen MR) is 234 cm³/mol. The Hall–Kier alpha value is -7.56. The van der Waals surface area contributed by atoms with Gasteiger partial charge in [0.25, 0.3) is 0 Å². The lowest BCUT2D eigenvalue weighted by atomic mass is 9.94. The van der Waals surface area contributed by atoms with Crippen molar-refractivity contribution in [3.8, 4) is 34.0 Å². The fraction of sp³-hybridized carbons (Fsp3) is 0. The maximum absolute atomic E-state index is 5.51. The molecule has 4 nitrogen and oxygen atoms in total. The molecule has 0 spiro atoms. The third kappa shape index (κ3) is 4.53. The molecule has 3 aromatic heterocycles. The Morgan fingerprint density at radius 3 is 1.77 bits per heavy atom. The van der Waals surface area contributed by atoms with Crippen LogP contribution < -0.4 is 0 Å². The number of para-hydroxylation sites is 4. The van der Waals surface area contributed by atoms with Gasteiger partial charge in [0.15, 0.2) is 0 Å². The summed E-state index contributed by atoms with van der Waals surface area (Å²) >= 11 is 0. The van der Waals surface area contributed by atoms with Crippen molar-refractivity contribution in [1.82, 2.24) is 19.1 Å². The summed E-state index contributed by atoms with van der Waals surface area (Å²) in [6, 6.07) is 69.7. The smallest absolute Gasteiger partial charge is 0.235 e. The molecular weight excluding hydrogens is 681 g/mol. The van der Waals surface area contributed by atoms with E-state index in [4.69, 9.17) is 9.97 Å². The standard InChI is InChI=1S/C52H32N4/c1-2-17-38(18-3-1)55-46-24-12-9-20-40(46)43-32-36(28-29-48(43)55)49-39-19-7-6-16-35(39)31-44-41-21-10-13-25-47(41)56(51(44)49)52-53-45-23-11-8-22-42(45)50(54-52)37-27-26-33-14-4-5-15-34(33)30-37/h1-32H. The molecule has 4 heteroatoms. The van der Waals surface area contributed by atoms with E-state index in [9.17, 15) is 0 Å². The average Bonchev–Trinajstić information content (AvgIpc) is 3.77. The minimum atomic E-state index is 0.649. The zero-order valence-electron chi connectivity index (χ0n) is 30.3. The Bertz CT molecular complexity index is 3540. The number of hydrogen-bond donors (Lipinski definition) is 0. The van der Waals surface area contributed by atoms with Crippen LogP contribution >= 0.6 is 0 Å². The van der Waals surface area contributed by atoms with Crippen LogP contribution in [0.4, 0.5) is 0 Å². The zero-order chi connectivity index (χ0) is 36.7. The predicted octanol–water partition coefficient (Wildman–Crippen LogP) is 13.5. The van der Waals surface area contributed by atoms with Gasteiger partial charge in [-0.2, -0.15) is 0 Å². The van der Waals surface area contributed by atoms with Gasteiger partial charge in [-0.05, 0) is 81.7 Å². The van der Waals surface area contributed by atoms with Gasteiger partial charge in [0.05, 0.1) is 33.3 Å². The molecule has 0 saturated heterocycles. The van der Waals surface area contributed by atoms with E-state index >= 15 is 0 Å². The maximum Gasteiger partial charge on any atom is 0.235 e. The van der Waals surface area contributed by atoms with Crippen molar-refractivity contribution in [2.45, 2.75) is 0 Å². The van der Waals surface area contributed by atoms with Crippen LogP contribution in [0.3, 0.4) is 0 Å². The second kappa shape index (κ2) is 12.0. The molecule has 0 amide bonds. The van der Waals surface area contributed by atoms with Crippen LogP contribution in [0, 0.1) is 0 Å². The van der Waals surface area contributed by atoms with E-state index < -0.39 is 0 Å². The van der Waals surface area contributed by atoms with E-state index in [2.05, 4.69) is 203 Å². The molecule has 9 aromatic carbocycles. The van der Waals surface area contributed by atoms with Gasteiger partial charge in [0.2, 0.25) is 5.95 Å². The topological polar surface area (TPSA) is 35.6 Å². The summed E-state index contributed by atoms with van der Waals surface area (Å²) in [4.78, 5) is 10.9. The quantitative estimate of drug-likeness (QED) is 0.182. The van der Waals surface area contributed by atoms with Crippen LogP contribution in [0.1, 0.15) is 0 Å². The molecule has 0 aliphatic carbocycles. The van der Waals surface area contributed by atoms with Crippen molar-refractivity contribution >= 4 is 76.1 Å². The van der Waals surface area contributed by atoms with Crippen molar-refractivity contribution in [3.05, 3.63) is 194 Å². The minimum Gasteiger partial charge on any atom is -0.309 e.